The Kier molecular flexibility index (Phi) is 5.72. The van der Waals surface area contributed by atoms with Gasteiger partial charge < -0.3 is 14.2 Å². The summed E-state index contributed by atoms with van der Waals surface area (Å²) in [5.41, 5.74) is 3.46. The largest absolute Gasteiger partial charge is 0.497 e. The van der Waals surface area contributed by atoms with Gasteiger partial charge >= 0.3 is 0 Å². The van der Waals surface area contributed by atoms with E-state index in [9.17, 15) is 4.79 Å². The maximum absolute atomic E-state index is 13.1. The first-order valence-corrected chi connectivity index (χ1v) is 11.9. The second-order valence-corrected chi connectivity index (χ2v) is 9.23. The molecule has 0 saturated heterocycles. The highest BCUT2D eigenvalue weighted by Gasteiger charge is 2.33. The fraction of sp³-hybridized carbons (Fsp3) is 0.360. The standard InChI is InChI=1S/C25H27N3O2S/c1-30-22-13-7-18(8-14-22)16-27(20-9-10-20)24(29)17-31-25-26-15-23(28(25)21-11-12-21)19-5-3-2-4-6-19/h2-8,13-15,20-21H,9-12,16-17H2,1H3. The second-order valence-electron chi connectivity index (χ2n) is 8.28. The molecule has 2 aliphatic rings. The molecule has 1 amide bonds. The van der Waals surface area contributed by atoms with Gasteiger partial charge in [0.25, 0.3) is 0 Å². The molecule has 1 aromatic heterocycles. The van der Waals surface area contributed by atoms with E-state index in [1.54, 1.807) is 18.9 Å². The summed E-state index contributed by atoms with van der Waals surface area (Å²) in [6.45, 7) is 0.653. The second kappa shape index (κ2) is 8.79. The van der Waals surface area contributed by atoms with Crippen LogP contribution in [0.25, 0.3) is 11.3 Å². The number of rotatable bonds is 9. The number of methoxy groups -OCH3 is 1. The van der Waals surface area contributed by atoms with Crippen LogP contribution < -0.4 is 4.74 Å². The maximum atomic E-state index is 13.1. The molecule has 0 unspecified atom stereocenters. The van der Waals surface area contributed by atoms with Crippen molar-refractivity contribution < 1.29 is 9.53 Å². The molecule has 5 nitrogen and oxygen atoms in total. The summed E-state index contributed by atoms with van der Waals surface area (Å²) in [7, 11) is 1.67. The Morgan fingerprint density at radius 2 is 1.84 bits per heavy atom. The molecule has 0 spiro atoms. The zero-order chi connectivity index (χ0) is 21.2. The lowest BCUT2D eigenvalue weighted by Crippen LogP contribution is -2.34. The molecular formula is C25H27N3O2S. The molecule has 2 fully saturated rings. The molecule has 2 aliphatic carbocycles. The topological polar surface area (TPSA) is 47.4 Å². The van der Waals surface area contributed by atoms with Crippen LogP contribution >= 0.6 is 11.8 Å². The van der Waals surface area contributed by atoms with Crippen LogP contribution in [0, 0.1) is 0 Å². The molecule has 3 aromatic rings. The fourth-order valence-electron chi connectivity index (χ4n) is 3.90. The summed E-state index contributed by atoms with van der Waals surface area (Å²) in [4.78, 5) is 19.9. The normalized spacial score (nSPS) is 15.6. The molecule has 0 radical (unpaired) electrons. The van der Waals surface area contributed by atoms with Crippen LogP contribution in [-0.4, -0.2) is 39.3 Å². The number of thioether (sulfide) groups is 1. The van der Waals surface area contributed by atoms with Crippen molar-refractivity contribution in [2.45, 2.75) is 49.5 Å². The van der Waals surface area contributed by atoms with Crippen molar-refractivity contribution in [3.8, 4) is 17.0 Å². The van der Waals surface area contributed by atoms with Crippen molar-refractivity contribution in [3.05, 3.63) is 66.4 Å². The van der Waals surface area contributed by atoms with Gasteiger partial charge in [0, 0.05) is 18.6 Å². The molecule has 5 rings (SSSR count). The van der Waals surface area contributed by atoms with Gasteiger partial charge in [-0.1, -0.05) is 54.2 Å². The molecule has 1 heterocycles. The third-order valence-electron chi connectivity index (χ3n) is 5.89. The van der Waals surface area contributed by atoms with E-state index in [-0.39, 0.29) is 5.91 Å². The van der Waals surface area contributed by atoms with Gasteiger partial charge in [-0.25, -0.2) is 4.98 Å². The van der Waals surface area contributed by atoms with E-state index in [0.717, 1.165) is 35.0 Å². The molecule has 6 heteroatoms. The summed E-state index contributed by atoms with van der Waals surface area (Å²) >= 11 is 1.57. The van der Waals surface area contributed by atoms with Gasteiger partial charge in [0.15, 0.2) is 5.16 Å². The highest BCUT2D eigenvalue weighted by molar-refractivity contribution is 7.99. The summed E-state index contributed by atoms with van der Waals surface area (Å²) in [6.07, 6.45) is 6.52. The number of ether oxygens (including phenoxy) is 1. The lowest BCUT2D eigenvalue weighted by molar-refractivity contribution is -0.129. The summed E-state index contributed by atoms with van der Waals surface area (Å²) in [5.74, 6) is 1.45. The minimum Gasteiger partial charge on any atom is -0.497 e. The maximum Gasteiger partial charge on any atom is 0.233 e. The van der Waals surface area contributed by atoms with Gasteiger partial charge in [0.2, 0.25) is 5.91 Å². The molecule has 0 atom stereocenters. The zero-order valence-corrected chi connectivity index (χ0v) is 18.6. The lowest BCUT2D eigenvalue weighted by Gasteiger charge is -2.22. The SMILES string of the molecule is COc1ccc(CN(C(=O)CSc2ncc(-c3ccccc3)n2C2CC2)C2CC2)cc1. The molecule has 2 aromatic carbocycles. The Morgan fingerprint density at radius 1 is 1.10 bits per heavy atom. The minimum absolute atomic E-state index is 0.190. The van der Waals surface area contributed by atoms with Gasteiger partial charge in [0.05, 0.1) is 24.8 Å². The van der Waals surface area contributed by atoms with Crippen LogP contribution in [0.15, 0.2) is 66.0 Å². The molecule has 2 saturated carbocycles. The van der Waals surface area contributed by atoms with E-state index in [0.29, 0.717) is 24.4 Å². The molecular weight excluding hydrogens is 406 g/mol. The number of hydrogen-bond donors (Lipinski definition) is 0. The van der Waals surface area contributed by atoms with Crippen LogP contribution in [0.3, 0.4) is 0 Å². The van der Waals surface area contributed by atoms with Crippen molar-refractivity contribution in [2.75, 3.05) is 12.9 Å². The monoisotopic (exact) mass is 433 g/mol. The van der Waals surface area contributed by atoms with Gasteiger partial charge in [0.1, 0.15) is 5.75 Å². The lowest BCUT2D eigenvalue weighted by atomic mass is 10.2. The van der Waals surface area contributed by atoms with Gasteiger partial charge in [-0.3, -0.25) is 4.79 Å². The predicted molar refractivity (Wildman–Crippen MR) is 123 cm³/mol. The highest BCUT2D eigenvalue weighted by atomic mass is 32.2. The number of amides is 1. The van der Waals surface area contributed by atoms with E-state index in [2.05, 4.69) is 33.8 Å². The summed E-state index contributed by atoms with van der Waals surface area (Å²) < 4.78 is 7.58. The number of imidazole rings is 1. The molecule has 0 N–H and O–H groups in total. The molecule has 31 heavy (non-hydrogen) atoms. The average molecular weight is 434 g/mol. The third-order valence-corrected chi connectivity index (χ3v) is 6.84. The Morgan fingerprint density at radius 3 is 2.48 bits per heavy atom. The summed E-state index contributed by atoms with van der Waals surface area (Å²) in [6, 6.07) is 19.3. The van der Waals surface area contributed by atoms with Crippen LogP contribution in [0.2, 0.25) is 0 Å². The van der Waals surface area contributed by atoms with Crippen molar-refractivity contribution in [1.82, 2.24) is 14.5 Å². The van der Waals surface area contributed by atoms with E-state index >= 15 is 0 Å². The van der Waals surface area contributed by atoms with Crippen LogP contribution in [-0.2, 0) is 11.3 Å². The van der Waals surface area contributed by atoms with Gasteiger partial charge in [-0.05, 0) is 48.9 Å². The van der Waals surface area contributed by atoms with E-state index in [1.807, 2.05) is 41.4 Å². The van der Waals surface area contributed by atoms with E-state index in [1.165, 1.54) is 18.4 Å². The molecule has 0 bridgehead atoms. The quantitative estimate of drug-likeness (QED) is 0.437. The van der Waals surface area contributed by atoms with Crippen molar-refractivity contribution in [3.63, 3.8) is 0 Å². The van der Waals surface area contributed by atoms with Crippen LogP contribution in [0.1, 0.15) is 37.3 Å². The van der Waals surface area contributed by atoms with Gasteiger partial charge in [-0.2, -0.15) is 0 Å². The molecule has 0 aliphatic heterocycles. The van der Waals surface area contributed by atoms with Crippen molar-refractivity contribution in [2.24, 2.45) is 0 Å². The first kappa shape index (κ1) is 20.2. The van der Waals surface area contributed by atoms with Crippen LogP contribution in [0.4, 0.5) is 0 Å². The summed E-state index contributed by atoms with van der Waals surface area (Å²) in [5, 5.41) is 0.954. The first-order valence-electron chi connectivity index (χ1n) is 10.9. The van der Waals surface area contributed by atoms with E-state index < -0.39 is 0 Å². The Bertz CT molecular complexity index is 1040. The van der Waals surface area contributed by atoms with Crippen molar-refractivity contribution in [1.29, 1.82) is 0 Å². The van der Waals surface area contributed by atoms with Crippen molar-refractivity contribution >= 4 is 17.7 Å². The fourth-order valence-corrected chi connectivity index (χ4v) is 4.83. The third kappa shape index (κ3) is 4.64. The first-order chi connectivity index (χ1) is 15.2. The Balaban J connectivity index is 1.28. The number of carbonyl (C=O) groups excluding carboxylic acids is 1. The number of benzene rings is 2. The Hall–Kier alpha value is -2.73. The smallest absolute Gasteiger partial charge is 0.233 e. The van der Waals surface area contributed by atoms with Gasteiger partial charge in [-0.15, -0.1) is 0 Å². The Labute approximate surface area is 187 Å². The van der Waals surface area contributed by atoms with Crippen LogP contribution in [0.5, 0.6) is 5.75 Å². The number of nitrogens with zero attached hydrogens (tertiary/aromatic N) is 3. The zero-order valence-electron chi connectivity index (χ0n) is 17.7. The number of carbonyl (C=O) groups is 1. The predicted octanol–water partition coefficient (Wildman–Crippen LogP) is 5.18. The number of aromatic nitrogens is 2. The minimum atomic E-state index is 0.190. The van der Waals surface area contributed by atoms with E-state index in [4.69, 9.17) is 4.74 Å². The number of hydrogen-bond acceptors (Lipinski definition) is 4. The highest BCUT2D eigenvalue weighted by Crippen LogP contribution is 2.42. The molecule has 160 valence electrons. The average Bonchev–Trinajstić information content (AvgIpc) is 3.75.